The Bertz CT molecular complexity index is 1380. The first kappa shape index (κ1) is 19.8. The summed E-state index contributed by atoms with van der Waals surface area (Å²) in [6.45, 7) is 3.11. The molecule has 5 aromatic rings. The van der Waals surface area contributed by atoms with E-state index in [1.54, 1.807) is 25.8 Å². The zero-order chi connectivity index (χ0) is 21.9. The van der Waals surface area contributed by atoms with Gasteiger partial charge in [0.1, 0.15) is 18.1 Å². The van der Waals surface area contributed by atoms with E-state index >= 15 is 0 Å². The van der Waals surface area contributed by atoms with Crippen molar-refractivity contribution in [1.29, 1.82) is 0 Å². The Morgan fingerprint density at radius 1 is 0.906 bits per heavy atom. The third-order valence-corrected chi connectivity index (χ3v) is 5.24. The van der Waals surface area contributed by atoms with E-state index in [0.717, 1.165) is 27.5 Å². The Balaban J connectivity index is 1.46. The van der Waals surface area contributed by atoms with Gasteiger partial charge in [-0.25, -0.2) is 9.97 Å². The van der Waals surface area contributed by atoms with Gasteiger partial charge in [-0.3, -0.25) is 4.98 Å². The van der Waals surface area contributed by atoms with Crippen LogP contribution >= 0.6 is 0 Å². The Hall–Kier alpha value is -4.13. The Kier molecular flexibility index (Phi) is 5.29. The summed E-state index contributed by atoms with van der Waals surface area (Å²) in [6, 6.07) is 15.6. The summed E-state index contributed by atoms with van der Waals surface area (Å²) in [5.41, 5.74) is 2.52. The first-order valence-corrected chi connectivity index (χ1v) is 10.3. The number of benzene rings is 2. The number of methoxy groups -OCH3 is 1. The van der Waals surface area contributed by atoms with Crippen LogP contribution in [0.1, 0.15) is 5.69 Å². The van der Waals surface area contributed by atoms with Crippen LogP contribution in [0.25, 0.3) is 21.8 Å². The molecule has 0 aliphatic carbocycles. The van der Waals surface area contributed by atoms with Gasteiger partial charge in [-0.1, -0.05) is 18.2 Å². The van der Waals surface area contributed by atoms with Gasteiger partial charge >= 0.3 is 0 Å². The second-order valence-electron chi connectivity index (χ2n) is 7.34. The van der Waals surface area contributed by atoms with E-state index in [2.05, 4.69) is 15.0 Å². The number of nitrogens with zero attached hydrogens (tertiary/aromatic N) is 4. The highest BCUT2D eigenvalue weighted by molar-refractivity contribution is 5.88. The van der Waals surface area contributed by atoms with Crippen LogP contribution < -0.4 is 14.2 Å². The topological polar surface area (TPSA) is 71.3 Å². The largest absolute Gasteiger partial charge is 0.493 e. The molecule has 0 aliphatic heterocycles. The minimum Gasteiger partial charge on any atom is -0.493 e. The molecule has 3 aromatic heterocycles. The summed E-state index contributed by atoms with van der Waals surface area (Å²) in [7, 11) is 1.62. The molecule has 0 fully saturated rings. The van der Waals surface area contributed by atoms with Crippen molar-refractivity contribution in [1.82, 2.24) is 19.5 Å². The average Bonchev–Trinajstić information content (AvgIpc) is 3.33. The molecular formula is C25H22N4O3. The van der Waals surface area contributed by atoms with Crippen molar-refractivity contribution in [3.63, 3.8) is 0 Å². The van der Waals surface area contributed by atoms with Crippen molar-refractivity contribution in [2.45, 2.75) is 13.5 Å². The van der Waals surface area contributed by atoms with E-state index in [1.165, 1.54) is 0 Å². The van der Waals surface area contributed by atoms with Crippen LogP contribution in [0.2, 0.25) is 0 Å². The first-order valence-electron chi connectivity index (χ1n) is 10.3. The summed E-state index contributed by atoms with van der Waals surface area (Å²) in [5.74, 6) is 2.64. The van der Waals surface area contributed by atoms with E-state index in [1.807, 2.05) is 66.2 Å². The van der Waals surface area contributed by atoms with Crippen molar-refractivity contribution < 1.29 is 14.2 Å². The van der Waals surface area contributed by atoms with Gasteiger partial charge in [-0.2, -0.15) is 0 Å². The molecule has 2 aromatic carbocycles. The van der Waals surface area contributed by atoms with Crippen LogP contribution in [-0.4, -0.2) is 33.2 Å². The highest BCUT2D eigenvalue weighted by Gasteiger charge is 2.13. The summed E-state index contributed by atoms with van der Waals surface area (Å²) in [5, 5.41) is 1.86. The summed E-state index contributed by atoms with van der Waals surface area (Å²) >= 11 is 0. The number of aromatic nitrogens is 4. The van der Waals surface area contributed by atoms with Gasteiger partial charge < -0.3 is 18.8 Å². The molecule has 0 unspecified atom stereocenters. The van der Waals surface area contributed by atoms with Gasteiger partial charge in [0.2, 0.25) is 0 Å². The van der Waals surface area contributed by atoms with Crippen LogP contribution in [0.3, 0.4) is 0 Å². The molecule has 0 N–H and O–H groups in total. The zero-order valence-electron chi connectivity index (χ0n) is 17.9. The molecule has 0 amide bonds. The summed E-state index contributed by atoms with van der Waals surface area (Å²) in [6.07, 6.45) is 7.13. The fourth-order valence-corrected chi connectivity index (χ4v) is 3.58. The van der Waals surface area contributed by atoms with Crippen molar-refractivity contribution >= 4 is 21.8 Å². The predicted octanol–water partition coefficient (Wildman–Crippen LogP) is 5.17. The Morgan fingerprint density at radius 2 is 1.81 bits per heavy atom. The smallest absolute Gasteiger partial charge is 0.163 e. The maximum absolute atomic E-state index is 6.29. The second kappa shape index (κ2) is 8.55. The predicted molar refractivity (Wildman–Crippen MR) is 123 cm³/mol. The van der Waals surface area contributed by atoms with E-state index < -0.39 is 0 Å². The lowest BCUT2D eigenvalue weighted by atomic mass is 10.1. The minimum absolute atomic E-state index is 0.483. The molecule has 0 saturated heterocycles. The summed E-state index contributed by atoms with van der Waals surface area (Å²) < 4.78 is 19.8. The minimum atomic E-state index is 0.483. The van der Waals surface area contributed by atoms with Gasteiger partial charge in [0, 0.05) is 35.4 Å². The third kappa shape index (κ3) is 3.92. The molecule has 7 nitrogen and oxygen atoms in total. The highest BCUT2D eigenvalue weighted by Crippen LogP contribution is 2.38. The number of fused-ring (bicyclic) bond motifs is 2. The summed E-state index contributed by atoms with van der Waals surface area (Å²) in [4.78, 5) is 13.2. The maximum atomic E-state index is 6.29. The molecule has 7 heteroatoms. The average molecular weight is 426 g/mol. The van der Waals surface area contributed by atoms with E-state index in [0.29, 0.717) is 36.1 Å². The van der Waals surface area contributed by atoms with Crippen molar-refractivity contribution in [3.05, 3.63) is 79.1 Å². The first-order chi connectivity index (χ1) is 15.7. The highest BCUT2D eigenvalue weighted by atomic mass is 16.5. The quantitative estimate of drug-likeness (QED) is 0.358. The van der Waals surface area contributed by atoms with Crippen molar-refractivity contribution in [2.24, 2.45) is 0 Å². The number of pyridine rings is 2. The molecular weight excluding hydrogens is 404 g/mol. The van der Waals surface area contributed by atoms with Crippen LogP contribution in [0, 0.1) is 6.92 Å². The number of hydrogen-bond donors (Lipinski definition) is 0. The van der Waals surface area contributed by atoms with Crippen LogP contribution in [0.15, 0.2) is 73.4 Å². The van der Waals surface area contributed by atoms with Gasteiger partial charge in [-0.05, 0) is 31.2 Å². The SMILES string of the molecule is COc1cc2c(Oc3cc4ccccc4nc3C)ccnc2cc1OCCn1ccnc1. The van der Waals surface area contributed by atoms with Crippen LogP contribution in [0.4, 0.5) is 0 Å². The molecule has 0 atom stereocenters. The van der Waals surface area contributed by atoms with Crippen molar-refractivity contribution in [2.75, 3.05) is 13.7 Å². The number of aryl methyl sites for hydroxylation is 1. The standard InChI is InChI=1S/C25H22N4O3/c1-17-23(13-18-5-3-4-6-20(18)28-17)32-22-7-8-27-21-15-25(24(30-2)14-19(21)22)31-12-11-29-10-9-26-16-29/h3-10,13-16H,11-12H2,1-2H3. The van der Waals surface area contributed by atoms with Crippen LogP contribution in [-0.2, 0) is 6.54 Å². The number of imidazole rings is 1. The van der Waals surface area contributed by atoms with Gasteiger partial charge in [-0.15, -0.1) is 0 Å². The number of hydrogen-bond acceptors (Lipinski definition) is 6. The molecule has 32 heavy (non-hydrogen) atoms. The lowest BCUT2D eigenvalue weighted by Gasteiger charge is -2.15. The molecule has 3 heterocycles. The Labute approximate surface area is 185 Å². The second-order valence-corrected chi connectivity index (χ2v) is 7.34. The molecule has 5 rings (SSSR count). The van der Waals surface area contributed by atoms with Crippen molar-refractivity contribution in [3.8, 4) is 23.0 Å². The van der Waals surface area contributed by atoms with Gasteiger partial charge in [0.05, 0.1) is 36.7 Å². The Morgan fingerprint density at radius 3 is 2.66 bits per heavy atom. The van der Waals surface area contributed by atoms with E-state index in [4.69, 9.17) is 14.2 Å². The number of para-hydroxylation sites is 1. The molecule has 160 valence electrons. The molecule has 0 spiro atoms. The van der Waals surface area contributed by atoms with Gasteiger partial charge in [0.15, 0.2) is 11.5 Å². The van der Waals surface area contributed by atoms with E-state index in [9.17, 15) is 0 Å². The normalized spacial score (nSPS) is 11.1. The van der Waals surface area contributed by atoms with E-state index in [-0.39, 0.29) is 0 Å². The number of ether oxygens (including phenoxy) is 3. The monoisotopic (exact) mass is 426 g/mol. The maximum Gasteiger partial charge on any atom is 0.163 e. The lowest BCUT2D eigenvalue weighted by molar-refractivity contribution is 0.280. The lowest BCUT2D eigenvalue weighted by Crippen LogP contribution is -2.07. The number of rotatable bonds is 7. The zero-order valence-corrected chi connectivity index (χ0v) is 17.9. The fourth-order valence-electron chi connectivity index (χ4n) is 3.58. The molecule has 0 saturated carbocycles. The molecule has 0 aliphatic rings. The molecule has 0 radical (unpaired) electrons. The van der Waals surface area contributed by atoms with Gasteiger partial charge in [0.25, 0.3) is 0 Å². The fraction of sp³-hybridized carbons (Fsp3) is 0.160. The van der Waals surface area contributed by atoms with Crippen LogP contribution in [0.5, 0.6) is 23.0 Å². The third-order valence-electron chi connectivity index (χ3n) is 5.24. The molecule has 0 bridgehead atoms.